The molecule has 0 spiro atoms. The smallest absolute Gasteiger partial charge is 0.430 e. The molecule has 35 heavy (non-hydrogen) atoms. The maximum absolute atomic E-state index is 12.6. The van der Waals surface area contributed by atoms with Crippen LogP contribution < -0.4 is 0 Å². The fourth-order valence-electron chi connectivity index (χ4n) is 3.57. The molecule has 0 radical (unpaired) electrons. The Morgan fingerprint density at radius 3 is 1.57 bits per heavy atom. The maximum atomic E-state index is 12.6. The number of benzene rings is 3. The highest BCUT2D eigenvalue weighted by Gasteiger charge is 2.71. The van der Waals surface area contributed by atoms with Crippen LogP contribution in [-0.4, -0.2) is 22.6 Å². The van der Waals surface area contributed by atoms with E-state index in [1.165, 1.54) is 23.1 Å². The van der Waals surface area contributed by atoms with Crippen LogP contribution in [0.4, 0.5) is 26.3 Å². The molecule has 0 aromatic heterocycles. The monoisotopic (exact) mass is 500 g/mol. The van der Waals surface area contributed by atoms with Crippen LogP contribution in [0, 0.1) is 0 Å². The lowest BCUT2D eigenvalue weighted by atomic mass is 9.89. The number of fused-ring (bicyclic) bond motifs is 1. The second-order valence-electron chi connectivity index (χ2n) is 8.74. The minimum atomic E-state index is -5.84. The van der Waals surface area contributed by atoms with Crippen molar-refractivity contribution in [3.05, 3.63) is 77.4 Å². The van der Waals surface area contributed by atoms with E-state index in [-0.39, 0.29) is 5.92 Å². The predicted molar refractivity (Wildman–Crippen MR) is 125 cm³/mol. The van der Waals surface area contributed by atoms with Crippen LogP contribution in [0.5, 0.6) is 5.75 Å². The average molecular weight is 501 g/mol. The Bertz CT molecular complexity index is 1090. The maximum Gasteiger partial charge on any atom is 0.430 e. The summed E-state index contributed by atoms with van der Waals surface area (Å²) < 4.78 is 75.8. The molecule has 0 heterocycles. The van der Waals surface area contributed by atoms with Crippen molar-refractivity contribution in [2.24, 2.45) is 0 Å². The summed E-state index contributed by atoms with van der Waals surface area (Å²) in [5, 5.41) is 20.8. The predicted octanol–water partition coefficient (Wildman–Crippen LogP) is 8.57. The first-order valence-electron chi connectivity index (χ1n) is 11.3. The van der Waals surface area contributed by atoms with Gasteiger partial charge in [0.2, 0.25) is 0 Å². The molecule has 2 unspecified atom stereocenters. The molecule has 0 saturated carbocycles. The standard InChI is InChI=1S/C14H16O.C13H14F6O/c1-3-10(2)11-4-5-13-9-14(15)7-6-12(13)8-11;1-3-8(2)9-4-6-10(7-5-9)11(20,12(14,15)16)13(17,18)19/h4-10,15H,3H2,1-2H3;4-8,20H,3H2,1-2H3. The van der Waals surface area contributed by atoms with Gasteiger partial charge < -0.3 is 10.2 Å². The van der Waals surface area contributed by atoms with Crippen molar-refractivity contribution in [3.63, 3.8) is 0 Å². The Balaban J connectivity index is 0.000000256. The van der Waals surface area contributed by atoms with Gasteiger partial charge in [0.25, 0.3) is 5.60 Å². The highest BCUT2D eigenvalue weighted by molar-refractivity contribution is 5.84. The van der Waals surface area contributed by atoms with Crippen LogP contribution in [0.2, 0.25) is 0 Å². The molecule has 0 saturated heterocycles. The first-order chi connectivity index (χ1) is 16.2. The Morgan fingerprint density at radius 2 is 1.09 bits per heavy atom. The Hall–Kier alpha value is -2.74. The topological polar surface area (TPSA) is 40.5 Å². The van der Waals surface area contributed by atoms with E-state index in [1.807, 2.05) is 13.0 Å². The molecule has 2 nitrogen and oxygen atoms in total. The number of rotatable bonds is 5. The third-order valence-electron chi connectivity index (χ3n) is 6.36. The molecule has 0 bridgehead atoms. The van der Waals surface area contributed by atoms with Gasteiger partial charge >= 0.3 is 12.4 Å². The van der Waals surface area contributed by atoms with Gasteiger partial charge in [-0.2, -0.15) is 26.3 Å². The largest absolute Gasteiger partial charge is 0.508 e. The van der Waals surface area contributed by atoms with Gasteiger partial charge in [-0.25, -0.2) is 0 Å². The van der Waals surface area contributed by atoms with Crippen LogP contribution in [0.15, 0.2) is 60.7 Å². The van der Waals surface area contributed by atoms with E-state index in [1.54, 1.807) is 19.1 Å². The summed E-state index contributed by atoms with van der Waals surface area (Å²) in [6, 6.07) is 15.6. The second-order valence-corrected chi connectivity index (χ2v) is 8.74. The second kappa shape index (κ2) is 10.9. The molecule has 3 rings (SSSR count). The number of phenolic OH excluding ortho intramolecular Hbond substituents is 1. The zero-order valence-corrected chi connectivity index (χ0v) is 20.0. The van der Waals surface area contributed by atoms with E-state index < -0.39 is 23.5 Å². The number of hydrogen-bond acceptors (Lipinski definition) is 2. The molecule has 3 aromatic carbocycles. The van der Waals surface area contributed by atoms with Gasteiger partial charge in [0.05, 0.1) is 0 Å². The summed E-state index contributed by atoms with van der Waals surface area (Å²) in [6.07, 6.45) is -9.84. The fraction of sp³-hybridized carbons (Fsp3) is 0.407. The molecule has 192 valence electrons. The van der Waals surface area contributed by atoms with E-state index in [2.05, 4.69) is 32.0 Å². The van der Waals surface area contributed by atoms with Gasteiger partial charge in [0.1, 0.15) is 5.75 Å². The molecule has 2 N–H and O–H groups in total. The normalized spacial score (nSPS) is 14.3. The van der Waals surface area contributed by atoms with Crippen molar-refractivity contribution in [2.75, 3.05) is 0 Å². The SMILES string of the molecule is CCC(C)c1ccc(C(O)(C(F)(F)F)C(F)(F)F)cc1.CCC(C)c1ccc2cc(O)ccc2c1. The number of aromatic hydroxyl groups is 1. The van der Waals surface area contributed by atoms with E-state index >= 15 is 0 Å². The molecule has 0 aliphatic rings. The van der Waals surface area contributed by atoms with Gasteiger partial charge in [-0.15, -0.1) is 0 Å². The fourth-order valence-corrected chi connectivity index (χ4v) is 3.57. The first kappa shape index (κ1) is 28.5. The molecule has 3 aromatic rings. The van der Waals surface area contributed by atoms with Crippen LogP contribution in [0.25, 0.3) is 10.8 Å². The summed E-state index contributed by atoms with van der Waals surface area (Å²) >= 11 is 0. The molecule has 0 aliphatic heterocycles. The number of alkyl halides is 6. The molecular weight excluding hydrogens is 470 g/mol. The van der Waals surface area contributed by atoms with Crippen LogP contribution in [0.3, 0.4) is 0 Å². The third kappa shape index (κ3) is 6.28. The number of aliphatic hydroxyl groups is 1. The lowest BCUT2D eigenvalue weighted by Crippen LogP contribution is -2.53. The minimum absolute atomic E-state index is 0.00826. The molecule has 0 aliphatic carbocycles. The summed E-state index contributed by atoms with van der Waals surface area (Å²) in [7, 11) is 0. The van der Waals surface area contributed by atoms with E-state index in [9.17, 15) is 36.6 Å². The van der Waals surface area contributed by atoms with Gasteiger partial charge in [-0.1, -0.05) is 76.2 Å². The number of halogens is 6. The van der Waals surface area contributed by atoms with Crippen LogP contribution in [0.1, 0.15) is 69.1 Å². The average Bonchev–Trinajstić information content (AvgIpc) is 2.81. The Labute approximate surface area is 201 Å². The lowest BCUT2D eigenvalue weighted by Gasteiger charge is -2.32. The Kier molecular flexibility index (Phi) is 8.87. The van der Waals surface area contributed by atoms with Crippen LogP contribution >= 0.6 is 0 Å². The van der Waals surface area contributed by atoms with E-state index in [0.29, 0.717) is 35.8 Å². The highest BCUT2D eigenvalue weighted by atomic mass is 19.4. The zero-order chi connectivity index (χ0) is 26.6. The van der Waals surface area contributed by atoms with Crippen molar-refractivity contribution < 1.29 is 36.6 Å². The van der Waals surface area contributed by atoms with Crippen molar-refractivity contribution in [2.45, 2.75) is 70.3 Å². The summed E-state index contributed by atoms with van der Waals surface area (Å²) in [5.41, 5.74) is -4.10. The highest BCUT2D eigenvalue weighted by Crippen LogP contribution is 2.50. The lowest BCUT2D eigenvalue weighted by molar-refractivity contribution is -0.376. The molecule has 2 atom stereocenters. The summed E-state index contributed by atoms with van der Waals surface area (Å²) in [5.74, 6) is 0.941. The van der Waals surface area contributed by atoms with E-state index in [4.69, 9.17) is 0 Å². The van der Waals surface area contributed by atoms with Gasteiger partial charge in [0.15, 0.2) is 0 Å². The first-order valence-corrected chi connectivity index (χ1v) is 11.3. The van der Waals surface area contributed by atoms with E-state index in [0.717, 1.165) is 11.8 Å². The van der Waals surface area contributed by atoms with Gasteiger partial charge in [-0.3, -0.25) is 0 Å². The summed E-state index contributed by atoms with van der Waals surface area (Å²) in [6.45, 7) is 8.09. The summed E-state index contributed by atoms with van der Waals surface area (Å²) in [4.78, 5) is 0. The minimum Gasteiger partial charge on any atom is -0.508 e. The number of phenols is 1. The quantitative estimate of drug-likeness (QED) is 0.345. The van der Waals surface area contributed by atoms with Crippen molar-refractivity contribution in [1.29, 1.82) is 0 Å². The third-order valence-corrected chi connectivity index (χ3v) is 6.36. The zero-order valence-electron chi connectivity index (χ0n) is 20.0. The molecule has 8 heteroatoms. The molecular formula is C27H30F6O2. The number of hydrogen-bond donors (Lipinski definition) is 2. The van der Waals surface area contributed by atoms with Crippen LogP contribution in [-0.2, 0) is 5.60 Å². The molecule has 0 fully saturated rings. The van der Waals surface area contributed by atoms with Crippen molar-refractivity contribution in [3.8, 4) is 5.75 Å². The Morgan fingerprint density at radius 1 is 0.657 bits per heavy atom. The van der Waals surface area contributed by atoms with Crippen molar-refractivity contribution in [1.82, 2.24) is 0 Å². The van der Waals surface area contributed by atoms with Crippen molar-refractivity contribution >= 4 is 10.8 Å². The van der Waals surface area contributed by atoms with Gasteiger partial charge in [-0.05, 0) is 58.7 Å². The molecule has 0 amide bonds. The van der Waals surface area contributed by atoms with Gasteiger partial charge in [0, 0.05) is 5.56 Å².